The smallest absolute Gasteiger partial charge is 0.399 e. The third kappa shape index (κ3) is 2.38. The Labute approximate surface area is 112 Å². The molecule has 0 atom stereocenters. The number of ketones is 1. The van der Waals surface area contributed by atoms with Crippen molar-refractivity contribution in [1.82, 2.24) is 4.98 Å². The summed E-state index contributed by atoms with van der Waals surface area (Å²) < 4.78 is 11.7. The zero-order valence-corrected chi connectivity index (χ0v) is 11.9. The number of H-pyrrole nitrogens is 1. The van der Waals surface area contributed by atoms with E-state index in [1.165, 1.54) is 19.2 Å². The quantitative estimate of drug-likeness (QED) is 0.635. The van der Waals surface area contributed by atoms with Crippen LogP contribution in [0.25, 0.3) is 0 Å². The first kappa shape index (κ1) is 14.0. The monoisotopic (exact) mass is 263 g/mol. The molecule has 2 rings (SSSR count). The number of aromatic nitrogens is 1. The Balaban J connectivity index is 2.47. The number of carbonyl (C=O) groups excluding carboxylic acids is 1. The van der Waals surface area contributed by atoms with Crippen LogP contribution in [0.3, 0.4) is 0 Å². The number of nitrogens with one attached hydrogen (secondary N) is 1. The molecule has 0 aromatic carbocycles. The Kier molecular flexibility index (Phi) is 3.19. The van der Waals surface area contributed by atoms with Gasteiger partial charge in [0.1, 0.15) is 0 Å². The van der Waals surface area contributed by atoms with Gasteiger partial charge in [0.25, 0.3) is 0 Å². The molecule has 0 spiro atoms. The maximum atomic E-state index is 11.6. The van der Waals surface area contributed by atoms with Crippen molar-refractivity contribution in [2.75, 3.05) is 0 Å². The number of pyridine rings is 1. The molecule has 0 aliphatic carbocycles. The molecule has 5 nitrogen and oxygen atoms in total. The average molecular weight is 263 g/mol. The van der Waals surface area contributed by atoms with Crippen LogP contribution in [-0.2, 0) is 9.31 Å². The van der Waals surface area contributed by atoms with Gasteiger partial charge in [-0.05, 0) is 34.6 Å². The summed E-state index contributed by atoms with van der Waals surface area (Å²) in [5.41, 5.74) is -0.398. The zero-order valence-electron chi connectivity index (χ0n) is 11.9. The lowest BCUT2D eigenvalue weighted by Gasteiger charge is -2.32. The molecule has 1 aromatic heterocycles. The molecule has 2 heterocycles. The number of carbonyl (C=O) groups is 1. The summed E-state index contributed by atoms with van der Waals surface area (Å²) in [6.45, 7) is 9.14. The second-order valence-electron chi connectivity index (χ2n) is 5.81. The molecule has 0 bridgehead atoms. The second kappa shape index (κ2) is 4.32. The van der Waals surface area contributed by atoms with Gasteiger partial charge in [-0.15, -0.1) is 0 Å². The van der Waals surface area contributed by atoms with Crippen molar-refractivity contribution in [1.29, 1.82) is 0 Å². The Morgan fingerprint density at radius 3 is 2.21 bits per heavy atom. The van der Waals surface area contributed by atoms with Gasteiger partial charge in [-0.25, -0.2) is 0 Å². The van der Waals surface area contributed by atoms with Crippen LogP contribution in [0.2, 0.25) is 0 Å². The molecule has 1 aromatic rings. The van der Waals surface area contributed by atoms with E-state index in [2.05, 4.69) is 4.98 Å². The van der Waals surface area contributed by atoms with Crippen molar-refractivity contribution in [2.24, 2.45) is 0 Å². The first-order valence-electron chi connectivity index (χ1n) is 6.23. The standard InChI is InChI=1S/C13H18BNO4/c1-8(16)9-7-15-11(17)6-10(9)14-18-12(2,3)13(4,5)19-14/h6-7H,1-5H3,(H,15,17). The molecule has 1 aliphatic rings. The highest BCUT2D eigenvalue weighted by molar-refractivity contribution is 6.63. The fourth-order valence-electron chi connectivity index (χ4n) is 1.96. The van der Waals surface area contributed by atoms with Crippen LogP contribution in [0.1, 0.15) is 45.0 Å². The average Bonchev–Trinajstić information content (AvgIpc) is 2.47. The molecule has 1 fully saturated rings. The first-order chi connectivity index (χ1) is 8.64. The molecular weight excluding hydrogens is 245 g/mol. The van der Waals surface area contributed by atoms with Crippen LogP contribution < -0.4 is 11.0 Å². The van der Waals surface area contributed by atoms with Crippen LogP contribution in [0.4, 0.5) is 0 Å². The van der Waals surface area contributed by atoms with Gasteiger partial charge in [0, 0.05) is 23.3 Å². The van der Waals surface area contributed by atoms with Crippen LogP contribution in [-0.4, -0.2) is 29.1 Å². The summed E-state index contributed by atoms with van der Waals surface area (Å²) in [7, 11) is -0.703. The van der Waals surface area contributed by atoms with Gasteiger partial charge in [-0.3, -0.25) is 9.59 Å². The minimum absolute atomic E-state index is 0.138. The highest BCUT2D eigenvalue weighted by Crippen LogP contribution is 2.36. The third-order valence-electron chi connectivity index (χ3n) is 3.84. The summed E-state index contributed by atoms with van der Waals surface area (Å²) in [6.07, 6.45) is 1.41. The number of rotatable bonds is 2. The molecule has 1 aliphatic heterocycles. The van der Waals surface area contributed by atoms with Gasteiger partial charge in [0.2, 0.25) is 5.56 Å². The van der Waals surface area contributed by atoms with E-state index in [-0.39, 0.29) is 11.3 Å². The molecule has 0 amide bonds. The molecule has 1 saturated heterocycles. The molecule has 1 N–H and O–H groups in total. The van der Waals surface area contributed by atoms with Crippen LogP contribution in [0, 0.1) is 0 Å². The minimum Gasteiger partial charge on any atom is -0.399 e. The lowest BCUT2D eigenvalue weighted by Crippen LogP contribution is -2.41. The van der Waals surface area contributed by atoms with Gasteiger partial charge in [0.05, 0.1) is 11.2 Å². The highest BCUT2D eigenvalue weighted by atomic mass is 16.7. The first-order valence-corrected chi connectivity index (χ1v) is 6.23. The Morgan fingerprint density at radius 1 is 1.21 bits per heavy atom. The molecule has 102 valence electrons. The van der Waals surface area contributed by atoms with E-state index in [9.17, 15) is 9.59 Å². The number of Topliss-reactive ketones (excluding diaryl/α,β-unsaturated/α-hetero) is 1. The fourth-order valence-corrected chi connectivity index (χ4v) is 1.96. The van der Waals surface area contributed by atoms with Gasteiger partial charge in [-0.1, -0.05) is 0 Å². The van der Waals surface area contributed by atoms with Crippen LogP contribution >= 0.6 is 0 Å². The second-order valence-corrected chi connectivity index (χ2v) is 5.81. The molecule has 6 heteroatoms. The van der Waals surface area contributed by atoms with E-state index in [1.54, 1.807) is 0 Å². The Bertz CT molecular complexity index is 560. The van der Waals surface area contributed by atoms with Crippen LogP contribution in [0.5, 0.6) is 0 Å². The third-order valence-corrected chi connectivity index (χ3v) is 3.84. The fraction of sp³-hybridized carbons (Fsp3) is 0.538. The number of hydrogen-bond acceptors (Lipinski definition) is 4. The van der Waals surface area contributed by atoms with Crippen molar-refractivity contribution in [3.8, 4) is 0 Å². The highest BCUT2D eigenvalue weighted by Gasteiger charge is 2.52. The molecule has 0 saturated carbocycles. The van der Waals surface area contributed by atoms with E-state index in [1.807, 2.05) is 27.7 Å². The van der Waals surface area contributed by atoms with Crippen molar-refractivity contribution < 1.29 is 14.1 Å². The summed E-state index contributed by atoms with van der Waals surface area (Å²) in [6, 6.07) is 1.36. The maximum absolute atomic E-state index is 11.6. The predicted octanol–water partition coefficient (Wildman–Crippen LogP) is 0.877. The maximum Gasteiger partial charge on any atom is 0.495 e. The predicted molar refractivity (Wildman–Crippen MR) is 72.8 cm³/mol. The van der Waals surface area contributed by atoms with Gasteiger partial charge >= 0.3 is 7.12 Å². The SMILES string of the molecule is CC(=O)c1c[nH]c(=O)cc1B1OC(C)(C)C(C)(C)O1. The molecule has 19 heavy (non-hydrogen) atoms. The lowest BCUT2D eigenvalue weighted by atomic mass is 9.76. The van der Waals surface area contributed by atoms with E-state index in [0.717, 1.165) is 0 Å². The van der Waals surface area contributed by atoms with E-state index in [4.69, 9.17) is 9.31 Å². The van der Waals surface area contributed by atoms with E-state index >= 15 is 0 Å². The largest absolute Gasteiger partial charge is 0.495 e. The summed E-state index contributed by atoms with van der Waals surface area (Å²) >= 11 is 0. The Morgan fingerprint density at radius 2 is 1.74 bits per heavy atom. The summed E-state index contributed by atoms with van der Waals surface area (Å²) in [5.74, 6) is -0.138. The Hall–Kier alpha value is -1.40. The number of aromatic amines is 1. The van der Waals surface area contributed by atoms with Crippen LogP contribution in [0.15, 0.2) is 17.1 Å². The van der Waals surface area contributed by atoms with Gasteiger partial charge in [0.15, 0.2) is 5.78 Å². The van der Waals surface area contributed by atoms with E-state index in [0.29, 0.717) is 11.0 Å². The molecule has 0 radical (unpaired) electrons. The van der Waals surface area contributed by atoms with Gasteiger partial charge < -0.3 is 14.3 Å². The van der Waals surface area contributed by atoms with Crippen molar-refractivity contribution in [3.05, 3.63) is 28.2 Å². The van der Waals surface area contributed by atoms with Crippen molar-refractivity contribution in [3.63, 3.8) is 0 Å². The normalized spacial score (nSPS) is 20.6. The molecule has 0 unspecified atom stereocenters. The summed E-state index contributed by atoms with van der Waals surface area (Å²) in [4.78, 5) is 25.6. The van der Waals surface area contributed by atoms with E-state index < -0.39 is 18.3 Å². The minimum atomic E-state index is -0.703. The number of hydrogen-bond donors (Lipinski definition) is 1. The van der Waals surface area contributed by atoms with Crippen molar-refractivity contribution in [2.45, 2.75) is 45.8 Å². The van der Waals surface area contributed by atoms with Crippen molar-refractivity contribution >= 4 is 18.4 Å². The summed E-state index contributed by atoms with van der Waals surface area (Å²) in [5, 5.41) is 0. The lowest BCUT2D eigenvalue weighted by molar-refractivity contribution is 0.00578. The topological polar surface area (TPSA) is 68.4 Å². The van der Waals surface area contributed by atoms with Gasteiger partial charge in [-0.2, -0.15) is 0 Å². The zero-order chi connectivity index (χ0) is 14.4. The molecular formula is C13H18BNO4.